The molecule has 0 spiro atoms. The first-order valence-corrected chi connectivity index (χ1v) is 6.11. The van der Waals surface area contributed by atoms with Gasteiger partial charge in [-0.15, -0.1) is 0 Å². The van der Waals surface area contributed by atoms with E-state index < -0.39 is 0 Å². The second kappa shape index (κ2) is 5.77. The number of carbonyl (C=O) groups is 1. The molecular formula is C11H19N5O. The number of hydrogen-bond acceptors (Lipinski definition) is 4. The van der Waals surface area contributed by atoms with Crippen molar-refractivity contribution in [3.05, 3.63) is 12.2 Å². The highest BCUT2D eigenvalue weighted by atomic mass is 16.1. The lowest BCUT2D eigenvalue weighted by Gasteiger charge is -2.27. The Balaban J connectivity index is 1.70. The van der Waals surface area contributed by atoms with E-state index in [0.29, 0.717) is 19.0 Å². The zero-order chi connectivity index (χ0) is 12.1. The van der Waals surface area contributed by atoms with Gasteiger partial charge in [0.05, 0.1) is 0 Å². The predicted octanol–water partition coefficient (Wildman–Crippen LogP) is -0.148. The van der Waals surface area contributed by atoms with Crippen LogP contribution in [0.1, 0.15) is 25.6 Å². The van der Waals surface area contributed by atoms with Gasteiger partial charge in [-0.1, -0.05) is 0 Å². The third kappa shape index (κ3) is 3.52. The molecule has 1 amide bonds. The highest BCUT2D eigenvalue weighted by Crippen LogP contribution is 2.15. The first-order valence-electron chi connectivity index (χ1n) is 6.11. The maximum absolute atomic E-state index is 11.9. The zero-order valence-corrected chi connectivity index (χ0v) is 10.1. The quantitative estimate of drug-likeness (QED) is 0.680. The maximum atomic E-state index is 11.9. The SMILES string of the molecule is CC1CC(C(=O)NCCc2ncn[nH]2)CCN1. The molecule has 1 aliphatic heterocycles. The summed E-state index contributed by atoms with van der Waals surface area (Å²) in [6, 6.07) is 0.439. The minimum atomic E-state index is 0.154. The molecule has 0 radical (unpaired) electrons. The molecule has 0 aromatic carbocycles. The lowest BCUT2D eigenvalue weighted by molar-refractivity contribution is -0.126. The molecule has 2 rings (SSSR count). The number of rotatable bonds is 4. The second-order valence-electron chi connectivity index (χ2n) is 4.55. The molecule has 1 fully saturated rings. The fourth-order valence-corrected chi connectivity index (χ4v) is 2.17. The number of amides is 1. The monoisotopic (exact) mass is 237 g/mol. The first-order chi connectivity index (χ1) is 8.25. The predicted molar refractivity (Wildman–Crippen MR) is 63.3 cm³/mol. The van der Waals surface area contributed by atoms with Crippen molar-refractivity contribution in [1.29, 1.82) is 0 Å². The molecule has 6 heteroatoms. The highest BCUT2D eigenvalue weighted by molar-refractivity contribution is 5.78. The van der Waals surface area contributed by atoms with Crippen molar-refractivity contribution in [1.82, 2.24) is 25.8 Å². The molecule has 1 aromatic rings. The van der Waals surface area contributed by atoms with Crippen LogP contribution in [0, 0.1) is 5.92 Å². The van der Waals surface area contributed by atoms with Crippen molar-refractivity contribution >= 4 is 5.91 Å². The van der Waals surface area contributed by atoms with E-state index in [0.717, 1.165) is 25.2 Å². The van der Waals surface area contributed by atoms with Gasteiger partial charge in [-0.25, -0.2) is 4.98 Å². The Hall–Kier alpha value is -1.43. The van der Waals surface area contributed by atoms with Crippen molar-refractivity contribution in [2.24, 2.45) is 5.92 Å². The second-order valence-corrected chi connectivity index (χ2v) is 4.55. The fraction of sp³-hybridized carbons (Fsp3) is 0.727. The Bertz CT molecular complexity index is 351. The molecule has 1 aliphatic rings. The summed E-state index contributed by atoms with van der Waals surface area (Å²) in [7, 11) is 0. The summed E-state index contributed by atoms with van der Waals surface area (Å²) in [4.78, 5) is 15.9. The third-order valence-electron chi connectivity index (χ3n) is 3.12. The number of carbonyl (C=O) groups excluding carboxylic acids is 1. The molecule has 0 bridgehead atoms. The molecule has 0 saturated carbocycles. The van der Waals surface area contributed by atoms with Crippen LogP contribution in [-0.2, 0) is 11.2 Å². The summed E-state index contributed by atoms with van der Waals surface area (Å²) >= 11 is 0. The van der Waals surface area contributed by atoms with Crippen LogP contribution < -0.4 is 10.6 Å². The summed E-state index contributed by atoms with van der Waals surface area (Å²) in [5.41, 5.74) is 0. The van der Waals surface area contributed by atoms with Crippen molar-refractivity contribution in [3.63, 3.8) is 0 Å². The third-order valence-corrected chi connectivity index (χ3v) is 3.12. The summed E-state index contributed by atoms with van der Waals surface area (Å²) in [6.45, 7) is 3.67. The Morgan fingerprint density at radius 1 is 1.65 bits per heavy atom. The number of nitrogens with zero attached hydrogens (tertiary/aromatic N) is 2. The van der Waals surface area contributed by atoms with Crippen LogP contribution in [0.25, 0.3) is 0 Å². The van der Waals surface area contributed by atoms with E-state index in [1.807, 2.05) is 0 Å². The Labute approximate surface area is 101 Å². The molecule has 3 N–H and O–H groups in total. The average Bonchev–Trinajstić information content (AvgIpc) is 2.82. The van der Waals surface area contributed by atoms with Crippen molar-refractivity contribution in [2.75, 3.05) is 13.1 Å². The van der Waals surface area contributed by atoms with Gasteiger partial charge in [0.1, 0.15) is 12.2 Å². The fourth-order valence-electron chi connectivity index (χ4n) is 2.17. The lowest BCUT2D eigenvalue weighted by atomic mass is 9.92. The number of nitrogens with one attached hydrogen (secondary N) is 3. The van der Waals surface area contributed by atoms with Crippen LogP contribution in [0.5, 0.6) is 0 Å². The topological polar surface area (TPSA) is 82.7 Å². The van der Waals surface area contributed by atoms with Gasteiger partial charge in [0.2, 0.25) is 5.91 Å². The van der Waals surface area contributed by atoms with E-state index in [9.17, 15) is 4.79 Å². The van der Waals surface area contributed by atoms with Crippen molar-refractivity contribution < 1.29 is 4.79 Å². The molecule has 94 valence electrons. The summed E-state index contributed by atoms with van der Waals surface area (Å²) < 4.78 is 0. The van der Waals surface area contributed by atoms with Gasteiger partial charge >= 0.3 is 0 Å². The van der Waals surface area contributed by atoms with Gasteiger partial charge in [-0.3, -0.25) is 9.89 Å². The molecule has 1 aromatic heterocycles. The molecule has 0 aliphatic carbocycles. The van der Waals surface area contributed by atoms with Crippen LogP contribution in [0.2, 0.25) is 0 Å². The van der Waals surface area contributed by atoms with Crippen LogP contribution in [-0.4, -0.2) is 40.2 Å². The number of piperidine rings is 1. The Morgan fingerprint density at radius 2 is 2.53 bits per heavy atom. The molecule has 6 nitrogen and oxygen atoms in total. The molecule has 2 heterocycles. The van der Waals surface area contributed by atoms with Crippen molar-refractivity contribution in [3.8, 4) is 0 Å². The first kappa shape index (κ1) is 12.0. The van der Waals surface area contributed by atoms with E-state index in [2.05, 4.69) is 32.7 Å². The van der Waals surface area contributed by atoms with Gasteiger partial charge in [0, 0.05) is 24.9 Å². The van der Waals surface area contributed by atoms with Crippen LogP contribution in [0.4, 0.5) is 0 Å². The van der Waals surface area contributed by atoms with E-state index in [-0.39, 0.29) is 11.8 Å². The Kier molecular flexibility index (Phi) is 4.08. The minimum Gasteiger partial charge on any atom is -0.355 e. The molecule has 2 unspecified atom stereocenters. The van der Waals surface area contributed by atoms with E-state index in [1.165, 1.54) is 6.33 Å². The minimum absolute atomic E-state index is 0.154. The highest BCUT2D eigenvalue weighted by Gasteiger charge is 2.24. The number of hydrogen-bond donors (Lipinski definition) is 3. The number of aromatic amines is 1. The van der Waals surface area contributed by atoms with Crippen LogP contribution in [0.15, 0.2) is 6.33 Å². The molecular weight excluding hydrogens is 218 g/mol. The van der Waals surface area contributed by atoms with E-state index in [1.54, 1.807) is 0 Å². The molecule has 1 saturated heterocycles. The van der Waals surface area contributed by atoms with Crippen LogP contribution in [0.3, 0.4) is 0 Å². The smallest absolute Gasteiger partial charge is 0.223 e. The summed E-state index contributed by atoms with van der Waals surface area (Å²) in [5.74, 6) is 1.13. The summed E-state index contributed by atoms with van der Waals surface area (Å²) in [5, 5.41) is 12.8. The number of H-pyrrole nitrogens is 1. The lowest BCUT2D eigenvalue weighted by Crippen LogP contribution is -2.42. The standard InChI is InChI=1S/C11H19N5O/c1-8-6-9(2-4-12-8)11(17)13-5-3-10-14-7-15-16-10/h7-9,12H,2-6H2,1H3,(H,13,17)(H,14,15,16). The van der Waals surface area contributed by atoms with Crippen LogP contribution >= 0.6 is 0 Å². The van der Waals surface area contributed by atoms with Gasteiger partial charge in [-0.2, -0.15) is 5.10 Å². The number of aromatic nitrogens is 3. The largest absolute Gasteiger partial charge is 0.355 e. The van der Waals surface area contributed by atoms with E-state index >= 15 is 0 Å². The Morgan fingerprint density at radius 3 is 3.24 bits per heavy atom. The van der Waals surface area contributed by atoms with Gasteiger partial charge in [-0.05, 0) is 26.3 Å². The zero-order valence-electron chi connectivity index (χ0n) is 10.1. The molecule has 2 atom stereocenters. The normalized spacial score (nSPS) is 24.5. The van der Waals surface area contributed by atoms with Gasteiger partial charge in [0.15, 0.2) is 0 Å². The van der Waals surface area contributed by atoms with Crippen molar-refractivity contribution in [2.45, 2.75) is 32.2 Å². The van der Waals surface area contributed by atoms with E-state index in [4.69, 9.17) is 0 Å². The maximum Gasteiger partial charge on any atom is 0.223 e. The van der Waals surface area contributed by atoms with Gasteiger partial charge < -0.3 is 10.6 Å². The molecule has 17 heavy (non-hydrogen) atoms. The summed E-state index contributed by atoms with van der Waals surface area (Å²) in [6.07, 6.45) is 4.03. The van der Waals surface area contributed by atoms with Gasteiger partial charge in [0.25, 0.3) is 0 Å². The average molecular weight is 237 g/mol.